The number of halogens is 3. The van der Waals surface area contributed by atoms with Crippen molar-refractivity contribution < 1.29 is 32.5 Å². The van der Waals surface area contributed by atoms with Crippen LogP contribution in [0.4, 0.5) is 30.2 Å². The first-order valence-corrected chi connectivity index (χ1v) is 7.43. The van der Waals surface area contributed by atoms with Crippen molar-refractivity contribution in [3.05, 3.63) is 37.9 Å². The Morgan fingerprint density at radius 2 is 1.92 bits per heavy atom. The van der Waals surface area contributed by atoms with Crippen LogP contribution in [0.25, 0.3) is 0 Å². The zero-order valence-electron chi connectivity index (χ0n) is 13.5. The number of hydrogen-bond acceptors (Lipinski definition) is 7. The molecule has 0 amide bonds. The van der Waals surface area contributed by atoms with Gasteiger partial charge >= 0.3 is 12.1 Å². The van der Waals surface area contributed by atoms with Gasteiger partial charge in [-0.3, -0.25) is 20.2 Å². The zero-order valence-corrected chi connectivity index (χ0v) is 13.5. The topological polar surface area (TPSA) is 116 Å². The highest BCUT2D eigenvalue weighted by molar-refractivity contribution is 5.99. The Bertz CT molecular complexity index is 752. The highest BCUT2D eigenvalue weighted by atomic mass is 19.4. The molecule has 0 spiro atoms. The number of nitrogens with zero attached hydrogens (tertiary/aromatic N) is 3. The molecule has 1 saturated heterocycles. The van der Waals surface area contributed by atoms with Crippen LogP contribution in [0.3, 0.4) is 0 Å². The molecule has 1 aromatic carbocycles. The maximum atomic E-state index is 13.0. The molecule has 1 aliphatic rings. The van der Waals surface area contributed by atoms with Gasteiger partial charge in [-0.2, -0.15) is 13.2 Å². The lowest BCUT2D eigenvalue weighted by molar-refractivity contribution is -0.393. The van der Waals surface area contributed by atoms with E-state index in [4.69, 9.17) is 0 Å². The first-order chi connectivity index (χ1) is 12.1. The van der Waals surface area contributed by atoms with Gasteiger partial charge in [0.05, 0.1) is 34.5 Å². The number of non-ortho nitro benzene ring substituents is 1. The van der Waals surface area contributed by atoms with Gasteiger partial charge < -0.3 is 9.64 Å². The third kappa shape index (κ3) is 3.83. The average Bonchev–Trinajstić information content (AvgIpc) is 2.59. The quantitative estimate of drug-likeness (QED) is 0.450. The summed E-state index contributed by atoms with van der Waals surface area (Å²) in [4.78, 5) is 33.5. The van der Waals surface area contributed by atoms with E-state index in [2.05, 4.69) is 4.74 Å². The van der Waals surface area contributed by atoms with E-state index in [0.717, 1.165) is 18.1 Å². The highest BCUT2D eigenvalue weighted by Gasteiger charge is 2.43. The summed E-state index contributed by atoms with van der Waals surface area (Å²) < 4.78 is 43.6. The molecule has 0 aliphatic carbocycles. The molecule has 1 heterocycles. The lowest BCUT2D eigenvalue weighted by Crippen LogP contribution is -2.42. The number of nitro groups is 2. The summed E-state index contributed by atoms with van der Waals surface area (Å²) in [7, 11) is 0.964. The van der Waals surface area contributed by atoms with Crippen LogP contribution < -0.4 is 4.90 Å². The van der Waals surface area contributed by atoms with Gasteiger partial charge in [-0.25, -0.2) is 4.79 Å². The van der Waals surface area contributed by atoms with Crippen molar-refractivity contribution in [2.24, 2.45) is 5.92 Å². The number of methoxy groups -OCH3 is 1. The predicted octanol–water partition coefficient (Wildman–Crippen LogP) is 3.07. The molecule has 1 fully saturated rings. The molecule has 1 atom stereocenters. The normalized spacial score (nSPS) is 17.7. The van der Waals surface area contributed by atoms with Crippen LogP contribution >= 0.6 is 0 Å². The Morgan fingerprint density at radius 3 is 2.42 bits per heavy atom. The monoisotopic (exact) mass is 377 g/mol. The van der Waals surface area contributed by atoms with Crippen molar-refractivity contribution in [3.8, 4) is 0 Å². The molecule has 2 rings (SSSR count). The van der Waals surface area contributed by atoms with E-state index in [1.165, 1.54) is 0 Å². The van der Waals surface area contributed by atoms with Crippen LogP contribution in [-0.4, -0.2) is 42.2 Å². The second-order valence-electron chi connectivity index (χ2n) is 5.69. The van der Waals surface area contributed by atoms with Gasteiger partial charge in [-0.1, -0.05) is 0 Å². The zero-order chi connectivity index (χ0) is 19.6. The van der Waals surface area contributed by atoms with E-state index >= 15 is 0 Å². The number of nitro benzene ring substituents is 2. The van der Waals surface area contributed by atoms with Crippen LogP contribution in [-0.2, 0) is 4.74 Å². The van der Waals surface area contributed by atoms with Crippen LogP contribution in [0.2, 0.25) is 0 Å². The largest absolute Gasteiger partial charge is 0.465 e. The third-order valence-corrected chi connectivity index (χ3v) is 4.09. The minimum absolute atomic E-state index is 0.0369. The Hall–Kier alpha value is -2.92. The summed E-state index contributed by atoms with van der Waals surface area (Å²) in [5, 5.41) is 22.3. The Kier molecular flexibility index (Phi) is 5.33. The highest BCUT2D eigenvalue weighted by Crippen LogP contribution is 2.41. The first-order valence-electron chi connectivity index (χ1n) is 7.43. The lowest BCUT2D eigenvalue weighted by atomic mass is 9.95. The van der Waals surface area contributed by atoms with Gasteiger partial charge in [0.15, 0.2) is 0 Å². The Morgan fingerprint density at radius 1 is 1.27 bits per heavy atom. The van der Waals surface area contributed by atoms with Gasteiger partial charge in [0.2, 0.25) is 0 Å². The van der Waals surface area contributed by atoms with E-state index in [1.54, 1.807) is 0 Å². The molecule has 0 bridgehead atoms. The maximum absolute atomic E-state index is 13.0. The minimum atomic E-state index is -4.50. The first kappa shape index (κ1) is 19.4. The number of esters is 1. The number of carbonyl (C=O) groups is 1. The summed E-state index contributed by atoms with van der Waals surface area (Å²) in [6.07, 6.45) is -4.55. The molecule has 26 heavy (non-hydrogen) atoms. The van der Waals surface area contributed by atoms with Gasteiger partial charge in [-0.05, 0) is 12.8 Å². The Balaban J connectivity index is 2.63. The fourth-order valence-electron chi connectivity index (χ4n) is 2.89. The number of rotatable bonds is 4. The van der Waals surface area contributed by atoms with Crippen LogP contribution in [0.5, 0.6) is 0 Å². The molecule has 1 aromatic rings. The molecule has 0 unspecified atom stereocenters. The van der Waals surface area contributed by atoms with Crippen LogP contribution in [0.1, 0.15) is 23.2 Å². The smallest absolute Gasteiger partial charge is 0.393 e. The molecular formula is C14H14F3N3O6. The summed E-state index contributed by atoms with van der Waals surface area (Å²) in [6.45, 7) is -0.554. The van der Waals surface area contributed by atoms with Crippen LogP contribution in [0, 0.1) is 26.1 Å². The van der Waals surface area contributed by atoms with E-state index in [0.29, 0.717) is 6.07 Å². The molecule has 1 aliphatic heterocycles. The van der Waals surface area contributed by atoms with Crippen molar-refractivity contribution in [1.29, 1.82) is 0 Å². The molecular weight excluding hydrogens is 363 g/mol. The van der Waals surface area contributed by atoms with Crippen molar-refractivity contribution >= 4 is 23.0 Å². The number of ether oxygens (including phenoxy) is 1. The summed E-state index contributed by atoms with van der Waals surface area (Å²) in [5.41, 5.74) is -2.47. The second kappa shape index (κ2) is 7.14. The summed E-state index contributed by atoms with van der Waals surface area (Å²) in [6, 6.07) is 1.39. The van der Waals surface area contributed by atoms with Crippen LogP contribution in [0.15, 0.2) is 12.1 Å². The molecule has 0 N–H and O–H groups in total. The fourth-order valence-corrected chi connectivity index (χ4v) is 2.89. The van der Waals surface area contributed by atoms with Gasteiger partial charge in [0, 0.05) is 19.2 Å². The van der Waals surface area contributed by atoms with E-state index in [9.17, 15) is 38.2 Å². The van der Waals surface area contributed by atoms with Crippen molar-refractivity contribution in [2.75, 3.05) is 25.1 Å². The van der Waals surface area contributed by atoms with Crippen molar-refractivity contribution in [3.63, 3.8) is 0 Å². The maximum Gasteiger partial charge on any atom is 0.393 e. The van der Waals surface area contributed by atoms with E-state index in [-0.39, 0.29) is 19.4 Å². The fraction of sp³-hybridized carbons (Fsp3) is 0.500. The number of anilines is 1. The number of carbonyl (C=O) groups excluding carboxylic acids is 1. The predicted molar refractivity (Wildman–Crippen MR) is 82.1 cm³/mol. The average molecular weight is 377 g/mol. The van der Waals surface area contributed by atoms with Gasteiger partial charge in [0.1, 0.15) is 5.69 Å². The van der Waals surface area contributed by atoms with E-state index < -0.39 is 57.1 Å². The number of piperidine rings is 1. The Labute approximate surface area is 144 Å². The standard InChI is InChI=1S/C14H14F3N3O6/c1-26-13(21)10-5-9(19(22)23)6-11(20(24)25)12(10)18-4-2-3-8(7-18)14(15,16)17/h5-6,8H,2-4,7H2,1H3/t8-/m0/s1. The van der Waals surface area contributed by atoms with Gasteiger partial charge in [0.25, 0.3) is 11.4 Å². The molecule has 0 saturated carbocycles. The molecule has 0 aromatic heterocycles. The lowest BCUT2D eigenvalue weighted by Gasteiger charge is -2.35. The van der Waals surface area contributed by atoms with Gasteiger partial charge in [-0.15, -0.1) is 0 Å². The molecule has 142 valence electrons. The molecule has 12 heteroatoms. The number of alkyl halides is 3. The number of hydrogen-bond donors (Lipinski definition) is 0. The van der Waals surface area contributed by atoms with Crippen molar-refractivity contribution in [1.82, 2.24) is 0 Å². The molecule has 9 nitrogen and oxygen atoms in total. The summed E-state index contributed by atoms with van der Waals surface area (Å²) in [5.74, 6) is -2.84. The SMILES string of the molecule is COC(=O)c1cc([N+](=O)[O-])cc([N+](=O)[O-])c1N1CCC[C@H](C(F)(F)F)C1. The third-order valence-electron chi connectivity index (χ3n) is 4.09. The summed E-state index contributed by atoms with van der Waals surface area (Å²) >= 11 is 0. The second-order valence-corrected chi connectivity index (χ2v) is 5.69. The minimum Gasteiger partial charge on any atom is -0.465 e. The molecule has 0 radical (unpaired) electrons. The number of benzene rings is 1. The van der Waals surface area contributed by atoms with E-state index in [1.807, 2.05) is 0 Å². The van der Waals surface area contributed by atoms with Crippen molar-refractivity contribution in [2.45, 2.75) is 19.0 Å².